The molecular formula is C19H31N5O2. The topological polar surface area (TPSA) is 67.0 Å². The summed E-state index contributed by atoms with van der Waals surface area (Å²) in [4.78, 5) is 4.85. The molecule has 1 aliphatic heterocycles. The van der Waals surface area contributed by atoms with E-state index in [1.807, 2.05) is 26.2 Å². The van der Waals surface area contributed by atoms with Crippen LogP contribution < -0.4 is 0 Å². The molecule has 2 aromatic heterocycles. The van der Waals surface area contributed by atoms with Gasteiger partial charge in [-0.15, -0.1) is 5.10 Å². The molecule has 2 unspecified atom stereocenters. The molecule has 2 atom stereocenters. The lowest BCUT2D eigenvalue weighted by atomic mass is 9.92. The van der Waals surface area contributed by atoms with E-state index in [0.29, 0.717) is 25.0 Å². The molecule has 0 saturated carbocycles. The smallest absolute Gasteiger partial charge is 0.201 e. The van der Waals surface area contributed by atoms with Gasteiger partial charge >= 0.3 is 0 Å². The maximum Gasteiger partial charge on any atom is 0.201 e. The molecule has 0 aromatic carbocycles. The molecule has 0 radical (unpaired) electrons. The Morgan fingerprint density at radius 1 is 1.31 bits per heavy atom. The third kappa shape index (κ3) is 4.71. The summed E-state index contributed by atoms with van der Waals surface area (Å²) >= 11 is 0. The van der Waals surface area contributed by atoms with Gasteiger partial charge in [-0.3, -0.25) is 4.68 Å². The second-order valence-corrected chi connectivity index (χ2v) is 8.27. The third-order valence-corrected chi connectivity index (χ3v) is 4.58. The molecule has 0 bridgehead atoms. The molecule has 1 fully saturated rings. The van der Waals surface area contributed by atoms with Gasteiger partial charge in [-0.2, -0.15) is 5.10 Å². The molecule has 0 amide bonds. The number of ether oxygens (including phenoxy) is 2. The maximum absolute atomic E-state index is 5.91. The lowest BCUT2D eigenvalue weighted by Gasteiger charge is -2.31. The van der Waals surface area contributed by atoms with Crippen LogP contribution in [0.3, 0.4) is 0 Å². The van der Waals surface area contributed by atoms with Crippen LogP contribution in [0.15, 0.2) is 12.3 Å². The van der Waals surface area contributed by atoms with Gasteiger partial charge in [0.05, 0.1) is 12.7 Å². The summed E-state index contributed by atoms with van der Waals surface area (Å²) in [6.45, 7) is 11.7. The number of hydrogen-bond donors (Lipinski definition) is 0. The normalized spacial score (nSPS) is 21.3. The highest BCUT2D eigenvalue weighted by molar-refractivity contribution is 5.47. The fourth-order valence-corrected chi connectivity index (χ4v) is 3.37. The van der Waals surface area contributed by atoms with Gasteiger partial charge < -0.3 is 9.47 Å². The second-order valence-electron chi connectivity index (χ2n) is 8.27. The highest BCUT2D eigenvalue weighted by Gasteiger charge is 2.29. The van der Waals surface area contributed by atoms with Crippen LogP contribution in [-0.4, -0.2) is 50.5 Å². The summed E-state index contributed by atoms with van der Waals surface area (Å²) in [6.07, 6.45) is 3.89. The quantitative estimate of drug-likeness (QED) is 0.791. The first-order chi connectivity index (χ1) is 12.4. The predicted octanol–water partition coefficient (Wildman–Crippen LogP) is 2.71. The van der Waals surface area contributed by atoms with E-state index < -0.39 is 0 Å². The second kappa shape index (κ2) is 7.88. The van der Waals surface area contributed by atoms with Gasteiger partial charge in [0.15, 0.2) is 0 Å². The average Bonchev–Trinajstić information content (AvgIpc) is 3.15. The van der Waals surface area contributed by atoms with E-state index in [4.69, 9.17) is 19.6 Å². The van der Waals surface area contributed by atoms with Crippen molar-refractivity contribution in [1.29, 1.82) is 0 Å². The summed E-state index contributed by atoms with van der Waals surface area (Å²) < 4.78 is 15.4. The average molecular weight is 361 g/mol. The van der Waals surface area contributed by atoms with Gasteiger partial charge in [0.25, 0.3) is 0 Å². The highest BCUT2D eigenvalue weighted by Crippen LogP contribution is 2.25. The van der Waals surface area contributed by atoms with Gasteiger partial charge in [0.2, 0.25) is 5.82 Å². The van der Waals surface area contributed by atoms with Crippen LogP contribution in [0, 0.1) is 11.3 Å². The van der Waals surface area contributed by atoms with Crippen molar-refractivity contribution in [3.05, 3.63) is 18.1 Å². The minimum atomic E-state index is 0.124. The Balaban J connectivity index is 1.87. The zero-order valence-electron chi connectivity index (χ0n) is 16.6. The van der Waals surface area contributed by atoms with Crippen molar-refractivity contribution in [2.75, 3.05) is 19.8 Å². The summed E-state index contributed by atoms with van der Waals surface area (Å²) in [7, 11) is 1.91. The molecule has 7 heteroatoms. The largest absolute Gasteiger partial charge is 0.379 e. The molecule has 3 heterocycles. The molecule has 3 rings (SSSR count). The number of aromatic nitrogens is 5. The number of hydrogen-bond acceptors (Lipinski definition) is 5. The van der Waals surface area contributed by atoms with Gasteiger partial charge in [0.1, 0.15) is 11.5 Å². The monoisotopic (exact) mass is 361 g/mol. The molecule has 26 heavy (non-hydrogen) atoms. The Morgan fingerprint density at radius 3 is 2.77 bits per heavy atom. The Bertz CT molecular complexity index is 714. The number of nitrogens with zero attached hydrogens (tertiary/aromatic N) is 5. The van der Waals surface area contributed by atoms with E-state index in [2.05, 4.69) is 30.6 Å². The van der Waals surface area contributed by atoms with E-state index in [0.717, 1.165) is 37.5 Å². The van der Waals surface area contributed by atoms with Crippen molar-refractivity contribution in [2.45, 2.75) is 53.2 Å². The zero-order valence-corrected chi connectivity index (χ0v) is 16.6. The minimum absolute atomic E-state index is 0.124. The van der Waals surface area contributed by atoms with Crippen LogP contribution in [0.4, 0.5) is 0 Å². The van der Waals surface area contributed by atoms with Crippen molar-refractivity contribution in [2.24, 2.45) is 18.4 Å². The third-order valence-electron chi connectivity index (χ3n) is 4.58. The standard InChI is InChI=1S/C19H31N5O2/c1-6-26-16-12-25-10-8-14(16)11-17-20-18(15-7-9-23(5)21-15)22-24(17)13-19(2,3)4/h7,9,14,16H,6,8,10-13H2,1-5H3. The Labute approximate surface area is 155 Å². The van der Waals surface area contributed by atoms with Crippen molar-refractivity contribution in [1.82, 2.24) is 24.5 Å². The van der Waals surface area contributed by atoms with Crippen molar-refractivity contribution in [3.8, 4) is 11.5 Å². The first-order valence-electron chi connectivity index (χ1n) is 9.49. The summed E-state index contributed by atoms with van der Waals surface area (Å²) in [5.74, 6) is 2.12. The van der Waals surface area contributed by atoms with E-state index in [1.165, 1.54) is 0 Å². The Hall–Kier alpha value is -1.73. The molecule has 0 spiro atoms. The van der Waals surface area contributed by atoms with Crippen LogP contribution in [-0.2, 0) is 29.5 Å². The fourth-order valence-electron chi connectivity index (χ4n) is 3.37. The van der Waals surface area contributed by atoms with Gasteiger partial charge in [0, 0.05) is 39.4 Å². The molecule has 0 N–H and O–H groups in total. The first-order valence-corrected chi connectivity index (χ1v) is 9.49. The summed E-state index contributed by atoms with van der Waals surface area (Å²) in [5, 5.41) is 9.23. The van der Waals surface area contributed by atoms with Crippen LogP contribution in [0.1, 0.15) is 39.9 Å². The summed E-state index contributed by atoms with van der Waals surface area (Å²) in [5.41, 5.74) is 0.938. The minimum Gasteiger partial charge on any atom is -0.379 e. The van der Waals surface area contributed by atoms with E-state index in [-0.39, 0.29) is 11.5 Å². The molecule has 144 valence electrons. The Morgan fingerprint density at radius 2 is 2.12 bits per heavy atom. The van der Waals surface area contributed by atoms with Crippen LogP contribution in [0.2, 0.25) is 0 Å². The van der Waals surface area contributed by atoms with E-state index in [1.54, 1.807) is 4.68 Å². The highest BCUT2D eigenvalue weighted by atomic mass is 16.5. The van der Waals surface area contributed by atoms with Crippen LogP contribution in [0.25, 0.3) is 11.5 Å². The van der Waals surface area contributed by atoms with Crippen molar-refractivity contribution < 1.29 is 9.47 Å². The lowest BCUT2D eigenvalue weighted by molar-refractivity contribution is -0.0805. The molecule has 2 aromatic rings. The molecular weight excluding hydrogens is 330 g/mol. The number of rotatable bonds is 6. The Kier molecular flexibility index (Phi) is 5.77. The van der Waals surface area contributed by atoms with Crippen LogP contribution in [0.5, 0.6) is 0 Å². The predicted molar refractivity (Wildman–Crippen MR) is 99.7 cm³/mol. The van der Waals surface area contributed by atoms with Crippen molar-refractivity contribution >= 4 is 0 Å². The number of aryl methyl sites for hydroxylation is 1. The summed E-state index contributed by atoms with van der Waals surface area (Å²) in [6, 6.07) is 1.96. The van der Waals surface area contributed by atoms with E-state index in [9.17, 15) is 0 Å². The van der Waals surface area contributed by atoms with Gasteiger partial charge in [-0.05, 0) is 30.7 Å². The lowest BCUT2D eigenvalue weighted by Crippen LogP contribution is -2.36. The SMILES string of the molecule is CCOC1COCCC1Cc1nc(-c2ccn(C)n2)nn1CC(C)(C)C. The fraction of sp³-hybridized carbons (Fsp3) is 0.737. The van der Waals surface area contributed by atoms with Crippen molar-refractivity contribution in [3.63, 3.8) is 0 Å². The molecule has 1 saturated heterocycles. The van der Waals surface area contributed by atoms with Crippen LogP contribution >= 0.6 is 0 Å². The zero-order chi connectivity index (χ0) is 18.7. The molecule has 0 aliphatic carbocycles. The first kappa shape index (κ1) is 19.0. The molecule has 7 nitrogen and oxygen atoms in total. The van der Waals surface area contributed by atoms with Gasteiger partial charge in [-0.25, -0.2) is 9.67 Å². The molecule has 1 aliphatic rings. The van der Waals surface area contributed by atoms with Gasteiger partial charge in [-0.1, -0.05) is 20.8 Å². The maximum atomic E-state index is 5.91. The van der Waals surface area contributed by atoms with E-state index >= 15 is 0 Å².